The molecule has 4 heteroatoms. The molecule has 0 aliphatic rings. The third-order valence-corrected chi connectivity index (χ3v) is 1.88. The molecule has 0 fully saturated rings. The molecule has 1 aromatic carbocycles. The van der Waals surface area contributed by atoms with Crippen molar-refractivity contribution in [3.63, 3.8) is 0 Å². The molecule has 0 heterocycles. The van der Waals surface area contributed by atoms with E-state index in [0.717, 1.165) is 0 Å². The molecule has 0 aromatic heterocycles. The van der Waals surface area contributed by atoms with Gasteiger partial charge >= 0.3 is 6.16 Å². The van der Waals surface area contributed by atoms with Crippen molar-refractivity contribution in [2.45, 2.75) is 20.8 Å². The molecule has 0 radical (unpaired) electrons. The quantitative estimate of drug-likeness (QED) is 0.599. The molecule has 0 atom stereocenters. The lowest BCUT2D eigenvalue weighted by Crippen LogP contribution is -2.20. The zero-order valence-corrected chi connectivity index (χ0v) is 10.6. The fourth-order valence-corrected chi connectivity index (χ4v) is 1.04. The maximum Gasteiger partial charge on any atom is 0.513 e. The van der Waals surface area contributed by atoms with Gasteiger partial charge in [-0.3, -0.25) is 0 Å². The summed E-state index contributed by atoms with van der Waals surface area (Å²) < 4.78 is 15.0. The van der Waals surface area contributed by atoms with Crippen molar-refractivity contribution in [1.29, 1.82) is 0 Å². The Morgan fingerprint density at radius 2 is 1.65 bits per heavy atom. The molecule has 0 saturated carbocycles. The third-order valence-electron chi connectivity index (χ3n) is 1.88. The second-order valence-corrected chi connectivity index (χ2v) is 4.88. The predicted molar refractivity (Wildman–Crippen MR) is 64.4 cm³/mol. The predicted octanol–water partition coefficient (Wildman–Crippen LogP) is 3.26. The largest absolute Gasteiger partial charge is 0.513 e. The monoisotopic (exact) mass is 238 g/mol. The van der Waals surface area contributed by atoms with E-state index in [0.29, 0.717) is 18.1 Å². The molecule has 0 aliphatic heterocycles. The molecule has 0 spiro atoms. The van der Waals surface area contributed by atoms with Crippen LogP contribution in [0.25, 0.3) is 0 Å². The van der Waals surface area contributed by atoms with Crippen molar-refractivity contribution in [2.24, 2.45) is 5.41 Å². The summed E-state index contributed by atoms with van der Waals surface area (Å²) in [7, 11) is 1.58. The van der Waals surface area contributed by atoms with Crippen LogP contribution in [0.4, 0.5) is 4.79 Å². The van der Waals surface area contributed by atoms with Gasteiger partial charge in [0.1, 0.15) is 11.5 Å². The third kappa shape index (κ3) is 5.24. The van der Waals surface area contributed by atoms with Crippen LogP contribution in [0.15, 0.2) is 24.3 Å². The minimum atomic E-state index is -0.690. The fraction of sp³-hybridized carbons (Fsp3) is 0.462. The molecule has 0 saturated heterocycles. The van der Waals surface area contributed by atoms with Crippen LogP contribution in [-0.2, 0) is 4.74 Å². The van der Waals surface area contributed by atoms with Crippen molar-refractivity contribution >= 4 is 6.16 Å². The summed E-state index contributed by atoms with van der Waals surface area (Å²) >= 11 is 0. The lowest BCUT2D eigenvalue weighted by Gasteiger charge is -2.17. The highest BCUT2D eigenvalue weighted by Gasteiger charge is 2.14. The number of carbonyl (C=O) groups excluding carboxylic acids is 1. The minimum Gasteiger partial charge on any atom is -0.497 e. The van der Waals surface area contributed by atoms with Crippen LogP contribution in [0.1, 0.15) is 20.8 Å². The number of rotatable bonds is 3. The van der Waals surface area contributed by atoms with Crippen molar-refractivity contribution < 1.29 is 19.0 Å². The first-order valence-corrected chi connectivity index (χ1v) is 5.39. The van der Waals surface area contributed by atoms with Gasteiger partial charge in [0.2, 0.25) is 0 Å². The number of ether oxygens (including phenoxy) is 3. The maximum atomic E-state index is 11.3. The lowest BCUT2D eigenvalue weighted by atomic mass is 9.99. The molecule has 0 unspecified atom stereocenters. The van der Waals surface area contributed by atoms with Crippen LogP contribution >= 0.6 is 0 Å². The van der Waals surface area contributed by atoms with E-state index in [-0.39, 0.29) is 5.41 Å². The first kappa shape index (κ1) is 13.4. The summed E-state index contributed by atoms with van der Waals surface area (Å²) in [5.74, 6) is 1.14. The fourth-order valence-electron chi connectivity index (χ4n) is 1.04. The van der Waals surface area contributed by atoms with E-state index in [1.165, 1.54) is 0 Å². The summed E-state index contributed by atoms with van der Waals surface area (Å²) in [5, 5.41) is 0. The van der Waals surface area contributed by atoms with E-state index in [1.54, 1.807) is 31.4 Å². The van der Waals surface area contributed by atoms with E-state index in [9.17, 15) is 4.79 Å². The minimum absolute atomic E-state index is 0.0705. The summed E-state index contributed by atoms with van der Waals surface area (Å²) in [6.07, 6.45) is -0.690. The Morgan fingerprint density at radius 3 is 2.12 bits per heavy atom. The van der Waals surface area contributed by atoms with Crippen LogP contribution in [0.3, 0.4) is 0 Å². The first-order valence-electron chi connectivity index (χ1n) is 5.39. The van der Waals surface area contributed by atoms with Gasteiger partial charge in [0.25, 0.3) is 0 Å². The number of methoxy groups -OCH3 is 1. The normalized spacial score (nSPS) is 10.8. The molecule has 1 rings (SSSR count). The SMILES string of the molecule is COc1ccc(OC(=O)OCC(C)(C)C)cc1. The molecule has 4 nitrogen and oxygen atoms in total. The number of carbonyl (C=O) groups is 1. The van der Waals surface area contributed by atoms with E-state index in [1.807, 2.05) is 20.8 Å². The summed E-state index contributed by atoms with van der Waals surface area (Å²) in [6.45, 7) is 6.26. The van der Waals surface area contributed by atoms with E-state index in [4.69, 9.17) is 14.2 Å². The van der Waals surface area contributed by atoms with Gasteiger partial charge in [-0.05, 0) is 29.7 Å². The highest BCUT2D eigenvalue weighted by atomic mass is 16.7. The molecule has 0 aliphatic carbocycles. The van der Waals surface area contributed by atoms with Crippen LogP contribution in [0.5, 0.6) is 11.5 Å². The van der Waals surface area contributed by atoms with E-state index >= 15 is 0 Å². The zero-order chi connectivity index (χ0) is 12.9. The summed E-state index contributed by atoms with van der Waals surface area (Å²) in [5.41, 5.74) is -0.0705. The molecule has 0 amide bonds. The van der Waals surface area contributed by atoms with Gasteiger partial charge in [-0.15, -0.1) is 0 Å². The molecule has 0 N–H and O–H groups in total. The van der Waals surface area contributed by atoms with Crippen LogP contribution in [0.2, 0.25) is 0 Å². The average Bonchev–Trinajstić information content (AvgIpc) is 2.27. The van der Waals surface area contributed by atoms with Crippen molar-refractivity contribution in [2.75, 3.05) is 13.7 Å². The van der Waals surface area contributed by atoms with Gasteiger partial charge < -0.3 is 14.2 Å². The topological polar surface area (TPSA) is 44.8 Å². The highest BCUT2D eigenvalue weighted by Crippen LogP contribution is 2.18. The van der Waals surface area contributed by atoms with Gasteiger partial charge in [0, 0.05) is 0 Å². The Bertz CT molecular complexity index is 362. The Balaban J connectivity index is 2.45. The van der Waals surface area contributed by atoms with Crippen LogP contribution in [0, 0.1) is 5.41 Å². The second-order valence-electron chi connectivity index (χ2n) is 4.88. The van der Waals surface area contributed by atoms with E-state index in [2.05, 4.69) is 0 Å². The van der Waals surface area contributed by atoms with Crippen LogP contribution < -0.4 is 9.47 Å². The maximum absolute atomic E-state index is 11.3. The Kier molecular flexibility index (Phi) is 4.37. The number of hydrogen-bond donors (Lipinski definition) is 0. The highest BCUT2D eigenvalue weighted by molar-refractivity contribution is 5.63. The molecule has 94 valence electrons. The van der Waals surface area contributed by atoms with Gasteiger partial charge in [-0.1, -0.05) is 20.8 Å². The Labute approximate surface area is 101 Å². The number of benzene rings is 1. The lowest BCUT2D eigenvalue weighted by molar-refractivity contribution is 0.0684. The smallest absolute Gasteiger partial charge is 0.497 e. The van der Waals surface area contributed by atoms with Gasteiger partial charge in [0.05, 0.1) is 13.7 Å². The number of hydrogen-bond acceptors (Lipinski definition) is 4. The Hall–Kier alpha value is -1.71. The molecular weight excluding hydrogens is 220 g/mol. The van der Waals surface area contributed by atoms with Crippen LogP contribution in [-0.4, -0.2) is 19.9 Å². The molecule has 17 heavy (non-hydrogen) atoms. The molecular formula is C13H18O4. The Morgan fingerprint density at radius 1 is 1.12 bits per heavy atom. The molecule has 0 bridgehead atoms. The van der Waals surface area contributed by atoms with Crippen molar-refractivity contribution in [1.82, 2.24) is 0 Å². The standard InChI is InChI=1S/C13H18O4/c1-13(2,3)9-16-12(14)17-11-7-5-10(15-4)6-8-11/h5-8H,9H2,1-4H3. The van der Waals surface area contributed by atoms with Crippen molar-refractivity contribution in [3.8, 4) is 11.5 Å². The summed E-state index contributed by atoms with van der Waals surface area (Å²) in [4.78, 5) is 11.3. The van der Waals surface area contributed by atoms with Gasteiger partial charge in [-0.25, -0.2) is 4.79 Å². The van der Waals surface area contributed by atoms with E-state index < -0.39 is 6.16 Å². The average molecular weight is 238 g/mol. The zero-order valence-electron chi connectivity index (χ0n) is 10.6. The van der Waals surface area contributed by atoms with Crippen molar-refractivity contribution in [3.05, 3.63) is 24.3 Å². The second kappa shape index (κ2) is 5.57. The first-order chi connectivity index (χ1) is 7.90. The van der Waals surface area contributed by atoms with Gasteiger partial charge in [0.15, 0.2) is 0 Å². The molecule has 1 aromatic rings. The summed E-state index contributed by atoms with van der Waals surface area (Å²) in [6, 6.07) is 6.73. The van der Waals surface area contributed by atoms with Gasteiger partial charge in [-0.2, -0.15) is 0 Å².